The van der Waals surface area contributed by atoms with Gasteiger partial charge in [-0.3, -0.25) is 0 Å². The van der Waals surface area contributed by atoms with Crippen LogP contribution in [-0.2, 0) is 16.4 Å². The van der Waals surface area contributed by atoms with E-state index in [9.17, 15) is 8.42 Å². The van der Waals surface area contributed by atoms with Crippen molar-refractivity contribution in [3.63, 3.8) is 0 Å². The van der Waals surface area contributed by atoms with Crippen LogP contribution in [-0.4, -0.2) is 29.7 Å². The highest BCUT2D eigenvalue weighted by atomic mass is 127. The van der Waals surface area contributed by atoms with E-state index in [0.717, 1.165) is 3.57 Å². The fourth-order valence-corrected chi connectivity index (χ4v) is 2.06. The van der Waals surface area contributed by atoms with Crippen LogP contribution in [0.3, 0.4) is 0 Å². The number of aryl methyl sites for hydroxylation is 1. The minimum absolute atomic E-state index is 0.0887. The van der Waals surface area contributed by atoms with E-state index in [1.54, 1.807) is 13.1 Å². The first-order valence-electron chi connectivity index (χ1n) is 4.13. The molecule has 1 rings (SSSR count). The summed E-state index contributed by atoms with van der Waals surface area (Å²) >= 11 is 2.06. The third-order valence-electron chi connectivity index (χ3n) is 1.89. The molecule has 14 heavy (non-hydrogen) atoms. The van der Waals surface area contributed by atoms with Crippen molar-refractivity contribution in [1.29, 1.82) is 0 Å². The van der Waals surface area contributed by atoms with Gasteiger partial charge >= 0.3 is 0 Å². The van der Waals surface area contributed by atoms with Crippen LogP contribution >= 0.6 is 22.6 Å². The minimum Gasteiger partial charge on any atom is -0.383 e. The number of sulfone groups is 1. The lowest BCUT2D eigenvalue weighted by atomic mass is 10.6. The van der Waals surface area contributed by atoms with E-state index in [4.69, 9.17) is 5.73 Å². The molecule has 0 saturated carbocycles. The zero-order valence-corrected chi connectivity index (χ0v) is 10.7. The number of halogens is 1. The van der Waals surface area contributed by atoms with Crippen molar-refractivity contribution in [3.8, 4) is 0 Å². The quantitative estimate of drug-likeness (QED) is 0.816. The second kappa shape index (κ2) is 4.47. The Labute approximate surface area is 96.7 Å². The Kier molecular flexibility index (Phi) is 3.76. The zero-order valence-electron chi connectivity index (χ0n) is 7.77. The third kappa shape index (κ3) is 2.84. The first kappa shape index (κ1) is 11.8. The molecule has 0 saturated heterocycles. The lowest BCUT2D eigenvalue weighted by Crippen LogP contribution is -2.16. The number of aromatic nitrogens is 2. The summed E-state index contributed by atoms with van der Waals surface area (Å²) in [6.45, 7) is 1.95. The van der Waals surface area contributed by atoms with Crippen LogP contribution < -0.4 is 5.73 Å². The van der Waals surface area contributed by atoms with Gasteiger partial charge in [0, 0.05) is 5.75 Å². The highest BCUT2D eigenvalue weighted by Gasteiger charge is 2.10. The van der Waals surface area contributed by atoms with Gasteiger partial charge in [0.2, 0.25) is 0 Å². The lowest BCUT2D eigenvalue weighted by Gasteiger charge is -2.03. The van der Waals surface area contributed by atoms with Crippen molar-refractivity contribution in [1.82, 2.24) is 9.78 Å². The molecule has 0 bridgehead atoms. The average molecular weight is 329 g/mol. The summed E-state index contributed by atoms with van der Waals surface area (Å²) in [4.78, 5) is 0. The molecule has 80 valence electrons. The highest BCUT2D eigenvalue weighted by Crippen LogP contribution is 2.13. The maximum absolute atomic E-state index is 11.2. The Bertz CT molecular complexity index is 413. The summed E-state index contributed by atoms with van der Waals surface area (Å²) in [5.41, 5.74) is 5.67. The number of hydrogen-bond acceptors (Lipinski definition) is 4. The predicted octanol–water partition coefficient (Wildman–Crippen LogP) is 0.505. The third-order valence-corrected chi connectivity index (χ3v) is 4.40. The first-order chi connectivity index (χ1) is 6.46. The lowest BCUT2D eigenvalue weighted by molar-refractivity contribution is 0.583. The molecule has 0 amide bonds. The van der Waals surface area contributed by atoms with Crippen LogP contribution in [0.25, 0.3) is 0 Å². The van der Waals surface area contributed by atoms with Crippen molar-refractivity contribution in [3.05, 3.63) is 9.77 Å². The van der Waals surface area contributed by atoms with E-state index in [1.165, 1.54) is 4.68 Å². The largest absolute Gasteiger partial charge is 0.383 e. The van der Waals surface area contributed by atoms with Gasteiger partial charge in [0.15, 0.2) is 9.84 Å². The Hall–Kier alpha value is -0.310. The molecule has 0 fully saturated rings. The first-order valence-corrected chi connectivity index (χ1v) is 7.03. The SMILES string of the molecule is CCS(=O)(=O)CCn1ncc(I)c1N. The Morgan fingerprint density at radius 3 is 2.71 bits per heavy atom. The van der Waals surface area contributed by atoms with E-state index in [-0.39, 0.29) is 11.5 Å². The monoisotopic (exact) mass is 329 g/mol. The molecule has 0 aliphatic heterocycles. The van der Waals surface area contributed by atoms with Crippen LogP contribution in [0.5, 0.6) is 0 Å². The number of nitrogen functional groups attached to an aromatic ring is 1. The second-order valence-corrected chi connectivity index (χ2v) is 6.47. The number of hydrogen-bond donors (Lipinski definition) is 1. The van der Waals surface area contributed by atoms with Gasteiger partial charge in [0.1, 0.15) is 5.82 Å². The molecule has 0 atom stereocenters. The molecular weight excluding hydrogens is 317 g/mol. The van der Waals surface area contributed by atoms with Gasteiger partial charge in [-0.25, -0.2) is 13.1 Å². The van der Waals surface area contributed by atoms with E-state index >= 15 is 0 Å². The molecule has 5 nitrogen and oxygen atoms in total. The number of rotatable bonds is 4. The zero-order chi connectivity index (χ0) is 10.8. The molecular formula is C7H12IN3O2S. The van der Waals surface area contributed by atoms with Gasteiger partial charge in [0.25, 0.3) is 0 Å². The Morgan fingerprint density at radius 2 is 2.29 bits per heavy atom. The fraction of sp³-hybridized carbons (Fsp3) is 0.571. The van der Waals surface area contributed by atoms with Gasteiger partial charge in [-0.15, -0.1) is 0 Å². The van der Waals surface area contributed by atoms with Gasteiger partial charge < -0.3 is 5.73 Å². The molecule has 2 N–H and O–H groups in total. The molecule has 0 spiro atoms. The highest BCUT2D eigenvalue weighted by molar-refractivity contribution is 14.1. The van der Waals surface area contributed by atoms with Crippen molar-refractivity contribution < 1.29 is 8.42 Å². The van der Waals surface area contributed by atoms with Crippen LogP contribution in [0.2, 0.25) is 0 Å². The predicted molar refractivity (Wildman–Crippen MR) is 63.7 cm³/mol. The van der Waals surface area contributed by atoms with E-state index in [2.05, 4.69) is 27.7 Å². The molecule has 0 aromatic carbocycles. The van der Waals surface area contributed by atoms with E-state index in [0.29, 0.717) is 12.4 Å². The van der Waals surface area contributed by atoms with E-state index < -0.39 is 9.84 Å². The van der Waals surface area contributed by atoms with Gasteiger partial charge in [-0.1, -0.05) is 6.92 Å². The molecule has 7 heteroatoms. The fourth-order valence-electron chi connectivity index (χ4n) is 0.920. The van der Waals surface area contributed by atoms with Crippen molar-refractivity contribution in [2.45, 2.75) is 13.5 Å². The summed E-state index contributed by atoms with van der Waals surface area (Å²) in [7, 11) is -2.94. The van der Waals surface area contributed by atoms with Crippen molar-refractivity contribution in [2.75, 3.05) is 17.2 Å². The number of anilines is 1. The average Bonchev–Trinajstić information content (AvgIpc) is 2.45. The van der Waals surface area contributed by atoms with Gasteiger partial charge in [-0.05, 0) is 22.6 Å². The maximum atomic E-state index is 11.2. The molecule has 1 aromatic heterocycles. The Balaban J connectivity index is 2.68. The number of nitrogens with zero attached hydrogens (tertiary/aromatic N) is 2. The molecule has 0 aliphatic carbocycles. The molecule has 0 unspecified atom stereocenters. The van der Waals surface area contributed by atoms with E-state index in [1.807, 2.05) is 0 Å². The second-order valence-electron chi connectivity index (χ2n) is 2.84. The summed E-state index contributed by atoms with van der Waals surface area (Å²) in [5.74, 6) is 0.772. The van der Waals surface area contributed by atoms with Crippen LogP contribution in [0, 0.1) is 3.57 Å². The van der Waals surface area contributed by atoms with Crippen LogP contribution in [0.15, 0.2) is 6.20 Å². The molecule has 0 aliphatic rings. The molecule has 1 aromatic rings. The van der Waals surface area contributed by atoms with Crippen molar-refractivity contribution >= 4 is 38.2 Å². The standard InChI is InChI=1S/C7H12IN3O2S/c1-2-14(12,13)4-3-11-7(9)6(8)5-10-11/h5H,2-4,9H2,1H3. The normalized spacial score (nSPS) is 11.9. The van der Waals surface area contributed by atoms with Crippen LogP contribution in [0.1, 0.15) is 6.92 Å². The summed E-state index contributed by atoms with van der Waals surface area (Å²) in [5, 5.41) is 3.97. The van der Waals surface area contributed by atoms with Crippen LogP contribution in [0.4, 0.5) is 5.82 Å². The van der Waals surface area contributed by atoms with Crippen molar-refractivity contribution in [2.24, 2.45) is 0 Å². The summed E-state index contributed by atoms with van der Waals surface area (Å²) in [6, 6.07) is 0. The van der Waals surface area contributed by atoms with Gasteiger partial charge in [-0.2, -0.15) is 5.10 Å². The number of nitrogens with two attached hydrogens (primary N) is 1. The summed E-state index contributed by atoms with van der Waals surface area (Å²) < 4.78 is 24.8. The smallest absolute Gasteiger partial charge is 0.151 e. The minimum atomic E-state index is -2.94. The topological polar surface area (TPSA) is 78.0 Å². The Morgan fingerprint density at radius 1 is 1.64 bits per heavy atom. The molecule has 0 radical (unpaired) electrons. The van der Waals surface area contributed by atoms with Gasteiger partial charge in [0.05, 0.1) is 22.1 Å². The molecule has 1 heterocycles. The maximum Gasteiger partial charge on any atom is 0.151 e. The summed E-state index contributed by atoms with van der Waals surface area (Å²) in [6.07, 6.45) is 1.62.